The number of benzene rings is 1. The summed E-state index contributed by atoms with van der Waals surface area (Å²) in [7, 11) is 2.21. The second-order valence-corrected chi connectivity index (χ2v) is 10.8. The Kier molecular flexibility index (Phi) is 5.59. The lowest BCUT2D eigenvalue weighted by molar-refractivity contribution is 0.0504. The number of fused-ring (bicyclic) bond motifs is 3. The van der Waals surface area contributed by atoms with Crippen molar-refractivity contribution in [2.45, 2.75) is 25.4 Å². The molecule has 7 heteroatoms. The number of hydrogen-bond donors (Lipinski definition) is 0. The van der Waals surface area contributed by atoms with E-state index < -0.39 is 0 Å². The fourth-order valence-corrected chi connectivity index (χ4v) is 6.46. The Hall–Kier alpha value is -2.06. The Bertz CT molecular complexity index is 1060. The van der Waals surface area contributed by atoms with Crippen LogP contribution in [-0.2, 0) is 6.54 Å². The summed E-state index contributed by atoms with van der Waals surface area (Å²) in [5, 5.41) is 9.09. The largest absolute Gasteiger partial charge is 0.304 e. The first kappa shape index (κ1) is 20.5. The highest BCUT2D eigenvalue weighted by Crippen LogP contribution is 2.37. The van der Waals surface area contributed by atoms with Crippen LogP contribution in [0.3, 0.4) is 0 Å². The Morgan fingerprint density at radius 1 is 0.969 bits per heavy atom. The van der Waals surface area contributed by atoms with Crippen molar-refractivity contribution >= 4 is 11.3 Å². The second kappa shape index (κ2) is 8.71. The SMILES string of the molecule is CN1CCN(Cc2cccc(-c3ccc(-c4cn(C5CN6CCC5CC6)nn4)s3)c2)CC1. The van der Waals surface area contributed by atoms with Gasteiger partial charge in [-0.3, -0.25) is 4.90 Å². The standard InChI is InChI=1S/C25H32N6S/c1-28-11-13-30(14-12-28)16-19-3-2-4-21(15-19)24-5-6-25(32-24)22-17-31(27-26-22)23-18-29-9-7-20(23)8-10-29/h2-6,15,17,20,23H,7-14,16,18H2,1H3. The van der Waals surface area contributed by atoms with Crippen molar-refractivity contribution in [2.75, 3.05) is 52.9 Å². The van der Waals surface area contributed by atoms with E-state index in [2.05, 4.69) is 79.3 Å². The number of piperazine rings is 1. The lowest BCUT2D eigenvalue weighted by Gasteiger charge is -2.44. The van der Waals surface area contributed by atoms with Crippen LogP contribution in [0.15, 0.2) is 42.6 Å². The molecule has 2 aromatic heterocycles. The normalized spacial score (nSPS) is 26.6. The Morgan fingerprint density at radius 2 is 1.78 bits per heavy atom. The van der Waals surface area contributed by atoms with E-state index in [-0.39, 0.29) is 0 Å². The van der Waals surface area contributed by atoms with Crippen LogP contribution in [0, 0.1) is 5.92 Å². The predicted octanol–water partition coefficient (Wildman–Crippen LogP) is 3.69. The summed E-state index contributed by atoms with van der Waals surface area (Å²) in [6, 6.07) is 14.0. The van der Waals surface area contributed by atoms with Gasteiger partial charge in [-0.1, -0.05) is 23.4 Å². The molecule has 7 rings (SSSR count). The van der Waals surface area contributed by atoms with E-state index in [1.54, 1.807) is 0 Å². The Balaban J connectivity index is 1.17. The molecule has 4 fully saturated rings. The first-order valence-electron chi connectivity index (χ1n) is 12.0. The molecule has 0 amide bonds. The highest BCUT2D eigenvalue weighted by molar-refractivity contribution is 7.18. The van der Waals surface area contributed by atoms with Gasteiger partial charge in [0.15, 0.2) is 0 Å². The third-order valence-corrected chi connectivity index (χ3v) is 8.70. The summed E-state index contributed by atoms with van der Waals surface area (Å²) < 4.78 is 2.14. The van der Waals surface area contributed by atoms with Gasteiger partial charge in [-0.15, -0.1) is 16.4 Å². The molecule has 4 aliphatic rings. The van der Waals surface area contributed by atoms with Gasteiger partial charge >= 0.3 is 0 Å². The molecule has 4 aliphatic heterocycles. The van der Waals surface area contributed by atoms with E-state index in [1.807, 2.05) is 11.3 Å². The lowest BCUT2D eigenvalue weighted by Crippen LogP contribution is -2.48. The third-order valence-electron chi connectivity index (χ3n) is 7.54. The summed E-state index contributed by atoms with van der Waals surface area (Å²) in [5.41, 5.74) is 3.71. The van der Waals surface area contributed by atoms with Crippen molar-refractivity contribution in [3.05, 3.63) is 48.2 Å². The quantitative estimate of drug-likeness (QED) is 0.595. The van der Waals surface area contributed by atoms with Crippen LogP contribution in [0.2, 0.25) is 0 Å². The highest BCUT2D eigenvalue weighted by atomic mass is 32.1. The van der Waals surface area contributed by atoms with Gasteiger partial charge in [-0.25, -0.2) is 4.68 Å². The van der Waals surface area contributed by atoms with Gasteiger partial charge in [0.2, 0.25) is 0 Å². The van der Waals surface area contributed by atoms with Gasteiger partial charge in [0, 0.05) is 44.1 Å². The minimum Gasteiger partial charge on any atom is -0.304 e. The molecule has 6 nitrogen and oxygen atoms in total. The molecular weight excluding hydrogens is 416 g/mol. The van der Waals surface area contributed by atoms with Crippen molar-refractivity contribution in [1.82, 2.24) is 29.7 Å². The molecule has 0 N–H and O–H groups in total. The van der Waals surface area contributed by atoms with Crippen LogP contribution < -0.4 is 0 Å². The summed E-state index contributed by atoms with van der Waals surface area (Å²) in [6.07, 6.45) is 4.77. The summed E-state index contributed by atoms with van der Waals surface area (Å²) >= 11 is 1.82. The number of likely N-dealkylation sites (N-methyl/N-ethyl adjacent to an activating group) is 1. The lowest BCUT2D eigenvalue weighted by atomic mass is 9.84. The highest BCUT2D eigenvalue weighted by Gasteiger charge is 2.35. The molecule has 3 aromatic rings. The third kappa shape index (κ3) is 4.15. The van der Waals surface area contributed by atoms with Gasteiger partial charge in [-0.05, 0) is 68.2 Å². The van der Waals surface area contributed by atoms with E-state index in [4.69, 9.17) is 0 Å². The van der Waals surface area contributed by atoms with E-state index >= 15 is 0 Å². The van der Waals surface area contributed by atoms with E-state index in [0.717, 1.165) is 50.9 Å². The number of thiophene rings is 1. The molecule has 0 radical (unpaired) electrons. The summed E-state index contributed by atoms with van der Waals surface area (Å²) in [5.74, 6) is 0.761. The van der Waals surface area contributed by atoms with Crippen LogP contribution in [0.5, 0.6) is 0 Å². The maximum atomic E-state index is 4.55. The molecule has 2 bridgehead atoms. The maximum absolute atomic E-state index is 4.55. The fourth-order valence-electron chi connectivity index (χ4n) is 5.50. The molecular formula is C25H32N6S. The van der Waals surface area contributed by atoms with E-state index in [9.17, 15) is 0 Å². The van der Waals surface area contributed by atoms with Crippen LogP contribution >= 0.6 is 11.3 Å². The van der Waals surface area contributed by atoms with Crippen LogP contribution in [0.25, 0.3) is 21.0 Å². The molecule has 0 aliphatic carbocycles. The van der Waals surface area contributed by atoms with Gasteiger partial charge in [0.05, 0.1) is 17.1 Å². The molecule has 1 unspecified atom stereocenters. The second-order valence-electron chi connectivity index (χ2n) is 9.73. The fraction of sp³-hybridized carbons (Fsp3) is 0.520. The summed E-state index contributed by atoms with van der Waals surface area (Å²) in [4.78, 5) is 10.1. The zero-order valence-electron chi connectivity index (χ0n) is 18.9. The van der Waals surface area contributed by atoms with Gasteiger partial charge in [0.1, 0.15) is 5.69 Å². The van der Waals surface area contributed by atoms with Gasteiger partial charge in [-0.2, -0.15) is 0 Å². The minimum absolute atomic E-state index is 0.490. The number of hydrogen-bond acceptors (Lipinski definition) is 6. The molecule has 0 saturated carbocycles. The monoisotopic (exact) mass is 448 g/mol. The molecule has 1 atom stereocenters. The van der Waals surface area contributed by atoms with Crippen LogP contribution in [0.4, 0.5) is 0 Å². The van der Waals surface area contributed by atoms with Crippen molar-refractivity contribution < 1.29 is 0 Å². The average Bonchev–Trinajstić information content (AvgIpc) is 3.52. The molecule has 0 spiro atoms. The van der Waals surface area contributed by atoms with Crippen LogP contribution in [-0.4, -0.2) is 82.6 Å². The average molecular weight is 449 g/mol. The molecule has 6 heterocycles. The van der Waals surface area contributed by atoms with Crippen LogP contribution in [0.1, 0.15) is 24.4 Å². The van der Waals surface area contributed by atoms with E-state index in [0.29, 0.717) is 6.04 Å². The van der Waals surface area contributed by atoms with Crippen molar-refractivity contribution in [3.8, 4) is 21.0 Å². The topological polar surface area (TPSA) is 40.4 Å². The molecule has 1 aromatic carbocycles. The van der Waals surface area contributed by atoms with E-state index in [1.165, 1.54) is 46.8 Å². The molecule has 168 valence electrons. The van der Waals surface area contributed by atoms with Gasteiger partial charge < -0.3 is 9.80 Å². The summed E-state index contributed by atoms with van der Waals surface area (Å²) in [6.45, 7) is 9.30. The number of rotatable bonds is 5. The van der Waals surface area contributed by atoms with Crippen molar-refractivity contribution in [3.63, 3.8) is 0 Å². The van der Waals surface area contributed by atoms with Crippen molar-refractivity contribution in [1.29, 1.82) is 0 Å². The first-order valence-corrected chi connectivity index (χ1v) is 12.8. The number of piperidine rings is 3. The molecule has 32 heavy (non-hydrogen) atoms. The number of aromatic nitrogens is 3. The van der Waals surface area contributed by atoms with Gasteiger partial charge in [0.25, 0.3) is 0 Å². The zero-order chi connectivity index (χ0) is 21.5. The maximum Gasteiger partial charge on any atom is 0.123 e. The smallest absolute Gasteiger partial charge is 0.123 e. The minimum atomic E-state index is 0.490. The zero-order valence-corrected chi connectivity index (χ0v) is 19.7. The molecule has 4 saturated heterocycles. The Labute approximate surface area is 194 Å². The number of nitrogens with zero attached hydrogens (tertiary/aromatic N) is 6. The first-order chi connectivity index (χ1) is 15.7. The van der Waals surface area contributed by atoms with Crippen molar-refractivity contribution in [2.24, 2.45) is 5.92 Å². The Morgan fingerprint density at radius 3 is 2.56 bits per heavy atom. The predicted molar refractivity (Wildman–Crippen MR) is 130 cm³/mol.